The summed E-state index contributed by atoms with van der Waals surface area (Å²) in [6.45, 7) is 7.18. The Hall–Kier alpha value is -1.89. The van der Waals surface area contributed by atoms with Gasteiger partial charge in [-0.1, -0.05) is 0 Å². The van der Waals surface area contributed by atoms with Crippen LogP contribution in [0.5, 0.6) is 0 Å². The van der Waals surface area contributed by atoms with Crippen LogP contribution in [0, 0.1) is 0 Å². The van der Waals surface area contributed by atoms with E-state index in [-0.39, 0.29) is 24.4 Å². The van der Waals surface area contributed by atoms with Crippen molar-refractivity contribution in [3.05, 3.63) is 18.2 Å². The molecule has 0 radical (unpaired) electrons. The van der Waals surface area contributed by atoms with E-state index in [4.69, 9.17) is 5.73 Å². The number of hydrogen-bond acceptors (Lipinski definition) is 4. The average Bonchev–Trinajstić information content (AvgIpc) is 2.83. The van der Waals surface area contributed by atoms with Crippen molar-refractivity contribution in [2.24, 2.45) is 5.73 Å². The summed E-state index contributed by atoms with van der Waals surface area (Å²) in [6, 6.07) is 0.0556. The fourth-order valence-electron chi connectivity index (χ4n) is 1.77. The van der Waals surface area contributed by atoms with Crippen LogP contribution in [0.3, 0.4) is 0 Å². The third-order valence-corrected chi connectivity index (χ3v) is 2.69. The molecule has 0 aliphatic rings. The molecule has 1 heterocycles. The highest BCUT2D eigenvalue weighted by molar-refractivity contribution is 5.94. The standard InChI is InChI=1S/C13H23N5O2/c1-4-18(8-12(19)16-10(2)3)13(20)11-7-17(6-5-14)9-15-11/h7,9-10H,4-6,8,14H2,1-3H3,(H,16,19). The van der Waals surface area contributed by atoms with Gasteiger partial charge in [0.25, 0.3) is 5.91 Å². The number of carbonyl (C=O) groups is 2. The maximum Gasteiger partial charge on any atom is 0.274 e. The zero-order chi connectivity index (χ0) is 15.1. The highest BCUT2D eigenvalue weighted by Gasteiger charge is 2.19. The second kappa shape index (κ2) is 7.64. The van der Waals surface area contributed by atoms with Crippen LogP contribution in [0.25, 0.3) is 0 Å². The molecule has 1 aromatic rings. The van der Waals surface area contributed by atoms with Crippen LogP contribution in [-0.4, -0.2) is 51.9 Å². The van der Waals surface area contributed by atoms with Crippen molar-refractivity contribution in [2.45, 2.75) is 33.4 Å². The first-order valence-corrected chi connectivity index (χ1v) is 6.78. The molecule has 0 saturated carbocycles. The van der Waals surface area contributed by atoms with Gasteiger partial charge in [0.2, 0.25) is 5.91 Å². The third kappa shape index (κ3) is 4.65. The van der Waals surface area contributed by atoms with Crippen molar-refractivity contribution in [1.29, 1.82) is 0 Å². The van der Waals surface area contributed by atoms with Crippen LogP contribution in [0.4, 0.5) is 0 Å². The third-order valence-electron chi connectivity index (χ3n) is 2.69. The van der Waals surface area contributed by atoms with Crippen molar-refractivity contribution in [3.8, 4) is 0 Å². The number of rotatable bonds is 7. The van der Waals surface area contributed by atoms with Gasteiger partial charge >= 0.3 is 0 Å². The Morgan fingerprint density at radius 2 is 2.20 bits per heavy atom. The lowest BCUT2D eigenvalue weighted by Crippen LogP contribution is -2.42. The van der Waals surface area contributed by atoms with Crippen LogP contribution < -0.4 is 11.1 Å². The van der Waals surface area contributed by atoms with Crippen molar-refractivity contribution < 1.29 is 9.59 Å². The first-order valence-electron chi connectivity index (χ1n) is 6.78. The molecule has 0 aliphatic carbocycles. The van der Waals surface area contributed by atoms with E-state index in [1.807, 2.05) is 20.8 Å². The topological polar surface area (TPSA) is 93.2 Å². The highest BCUT2D eigenvalue weighted by Crippen LogP contribution is 2.02. The average molecular weight is 281 g/mol. The Morgan fingerprint density at radius 3 is 2.75 bits per heavy atom. The van der Waals surface area contributed by atoms with Gasteiger partial charge in [0, 0.05) is 31.9 Å². The summed E-state index contributed by atoms with van der Waals surface area (Å²) in [5, 5.41) is 2.76. The SMILES string of the molecule is CCN(CC(=O)NC(C)C)C(=O)c1cn(CCN)cn1. The number of aromatic nitrogens is 2. The number of carbonyl (C=O) groups excluding carboxylic acids is 2. The smallest absolute Gasteiger partial charge is 0.274 e. The van der Waals surface area contributed by atoms with Gasteiger partial charge in [-0.3, -0.25) is 9.59 Å². The molecule has 1 aromatic heterocycles. The van der Waals surface area contributed by atoms with E-state index in [1.165, 1.54) is 4.90 Å². The number of hydrogen-bond donors (Lipinski definition) is 2. The molecule has 7 nitrogen and oxygen atoms in total. The summed E-state index contributed by atoms with van der Waals surface area (Å²) < 4.78 is 1.76. The van der Waals surface area contributed by atoms with Crippen LogP contribution in [0.2, 0.25) is 0 Å². The largest absolute Gasteiger partial charge is 0.352 e. The fourth-order valence-corrected chi connectivity index (χ4v) is 1.77. The number of imidazole rings is 1. The second-order valence-corrected chi connectivity index (χ2v) is 4.83. The molecule has 112 valence electrons. The molecule has 2 amide bonds. The van der Waals surface area contributed by atoms with E-state index in [9.17, 15) is 9.59 Å². The van der Waals surface area contributed by atoms with Crippen molar-refractivity contribution in [3.63, 3.8) is 0 Å². The lowest BCUT2D eigenvalue weighted by molar-refractivity contribution is -0.122. The van der Waals surface area contributed by atoms with Gasteiger partial charge in [0.15, 0.2) is 0 Å². The molecule has 0 bridgehead atoms. The normalized spacial score (nSPS) is 10.7. The minimum atomic E-state index is -0.248. The lowest BCUT2D eigenvalue weighted by atomic mass is 10.3. The Kier molecular flexibility index (Phi) is 6.17. The van der Waals surface area contributed by atoms with Gasteiger partial charge in [0.05, 0.1) is 12.9 Å². The van der Waals surface area contributed by atoms with Gasteiger partial charge < -0.3 is 20.5 Å². The molecule has 7 heteroatoms. The van der Waals surface area contributed by atoms with Crippen LogP contribution in [-0.2, 0) is 11.3 Å². The molecule has 0 fully saturated rings. The molecule has 1 rings (SSSR count). The van der Waals surface area contributed by atoms with E-state index < -0.39 is 0 Å². The molecule has 0 aliphatic heterocycles. The predicted molar refractivity (Wildman–Crippen MR) is 76.1 cm³/mol. The first-order chi connectivity index (χ1) is 9.47. The van der Waals surface area contributed by atoms with E-state index in [0.29, 0.717) is 25.3 Å². The summed E-state index contributed by atoms with van der Waals surface area (Å²) in [4.78, 5) is 29.5. The molecule has 0 unspecified atom stereocenters. The number of amides is 2. The quantitative estimate of drug-likeness (QED) is 0.725. The van der Waals surface area contributed by atoms with E-state index >= 15 is 0 Å². The first kappa shape index (κ1) is 16.2. The molecule has 3 N–H and O–H groups in total. The van der Waals surface area contributed by atoms with Crippen LogP contribution in [0.1, 0.15) is 31.3 Å². The molecular formula is C13H23N5O2. The number of nitrogens with one attached hydrogen (secondary N) is 1. The number of nitrogens with two attached hydrogens (primary N) is 1. The van der Waals surface area contributed by atoms with Crippen molar-refractivity contribution in [1.82, 2.24) is 19.8 Å². The summed E-state index contributed by atoms with van der Waals surface area (Å²) in [5.74, 6) is -0.418. The molecular weight excluding hydrogens is 258 g/mol. The zero-order valence-electron chi connectivity index (χ0n) is 12.3. The minimum Gasteiger partial charge on any atom is -0.352 e. The maximum absolute atomic E-state index is 12.3. The summed E-state index contributed by atoms with van der Waals surface area (Å²) in [5.41, 5.74) is 5.78. The van der Waals surface area contributed by atoms with Gasteiger partial charge in [-0.15, -0.1) is 0 Å². The van der Waals surface area contributed by atoms with Crippen LogP contribution in [0.15, 0.2) is 12.5 Å². The van der Waals surface area contributed by atoms with Crippen LogP contribution >= 0.6 is 0 Å². The monoisotopic (exact) mass is 281 g/mol. The Balaban J connectivity index is 2.68. The molecule has 0 spiro atoms. The number of nitrogens with zero attached hydrogens (tertiary/aromatic N) is 3. The Morgan fingerprint density at radius 1 is 1.50 bits per heavy atom. The maximum atomic E-state index is 12.3. The summed E-state index contributed by atoms with van der Waals surface area (Å²) in [6.07, 6.45) is 3.22. The second-order valence-electron chi connectivity index (χ2n) is 4.83. The van der Waals surface area contributed by atoms with Gasteiger partial charge in [0.1, 0.15) is 5.69 Å². The fraction of sp³-hybridized carbons (Fsp3) is 0.615. The minimum absolute atomic E-state index is 0.0390. The molecule has 0 saturated heterocycles. The van der Waals surface area contributed by atoms with Gasteiger partial charge in [-0.05, 0) is 20.8 Å². The van der Waals surface area contributed by atoms with E-state index in [1.54, 1.807) is 17.1 Å². The van der Waals surface area contributed by atoms with Crippen molar-refractivity contribution >= 4 is 11.8 Å². The zero-order valence-corrected chi connectivity index (χ0v) is 12.3. The van der Waals surface area contributed by atoms with Gasteiger partial charge in [-0.25, -0.2) is 4.98 Å². The Labute approximate surface area is 119 Å². The predicted octanol–water partition coefficient (Wildman–Crippen LogP) is -0.171. The Bertz CT molecular complexity index is 455. The van der Waals surface area contributed by atoms with Crippen molar-refractivity contribution in [2.75, 3.05) is 19.6 Å². The van der Waals surface area contributed by atoms with E-state index in [2.05, 4.69) is 10.3 Å². The highest BCUT2D eigenvalue weighted by atomic mass is 16.2. The summed E-state index contributed by atoms with van der Waals surface area (Å²) in [7, 11) is 0. The number of likely N-dealkylation sites (N-methyl/N-ethyl adjacent to an activating group) is 1. The molecule has 0 atom stereocenters. The molecule has 20 heavy (non-hydrogen) atoms. The molecule has 0 aromatic carbocycles. The summed E-state index contributed by atoms with van der Waals surface area (Å²) >= 11 is 0. The van der Waals surface area contributed by atoms with E-state index in [0.717, 1.165) is 0 Å². The van der Waals surface area contributed by atoms with Gasteiger partial charge in [-0.2, -0.15) is 0 Å². The lowest BCUT2D eigenvalue weighted by Gasteiger charge is -2.20.